The monoisotopic (exact) mass is 776 g/mol. The molecule has 0 saturated carbocycles. The number of imidazole rings is 2. The lowest BCUT2D eigenvalue weighted by molar-refractivity contribution is -0.137. The lowest BCUT2D eigenvalue weighted by atomic mass is 9.82. The zero-order valence-corrected chi connectivity index (χ0v) is 33.1. The van der Waals surface area contributed by atoms with E-state index in [4.69, 9.17) is 24.2 Å². The van der Waals surface area contributed by atoms with Crippen molar-refractivity contribution in [3.05, 3.63) is 84.0 Å². The molecule has 4 aliphatic rings. The summed E-state index contributed by atoms with van der Waals surface area (Å²) in [5.74, 6) is 1.73. The minimum Gasteiger partial charge on any atom is -0.483 e. The van der Waals surface area contributed by atoms with Crippen molar-refractivity contribution in [2.75, 3.05) is 27.3 Å². The van der Waals surface area contributed by atoms with Gasteiger partial charge in [0.25, 0.3) is 0 Å². The molecule has 4 N–H and O–H groups in total. The number of nitrogens with one attached hydrogen (secondary N) is 4. The van der Waals surface area contributed by atoms with Crippen molar-refractivity contribution in [2.45, 2.75) is 102 Å². The van der Waals surface area contributed by atoms with Gasteiger partial charge in [-0.1, -0.05) is 36.4 Å². The number of fused-ring (bicyclic) bond motifs is 5. The quantitative estimate of drug-likeness (QED) is 0.118. The second-order valence-electron chi connectivity index (χ2n) is 15.6. The number of alkyl carbamates (subject to hydrolysis) is 1. The minimum atomic E-state index is -0.716. The number of aromatic amines is 2. The van der Waals surface area contributed by atoms with Gasteiger partial charge in [0.1, 0.15) is 23.7 Å². The lowest BCUT2D eigenvalue weighted by Crippen LogP contribution is -2.49. The Morgan fingerprint density at radius 1 is 0.719 bits per heavy atom. The highest BCUT2D eigenvalue weighted by Crippen LogP contribution is 2.56. The van der Waals surface area contributed by atoms with Gasteiger partial charge in [-0.2, -0.15) is 0 Å². The third-order valence-corrected chi connectivity index (χ3v) is 12.0. The van der Waals surface area contributed by atoms with Gasteiger partial charge in [-0.05, 0) is 99.6 Å². The van der Waals surface area contributed by atoms with Crippen LogP contribution in [-0.2, 0) is 23.8 Å². The first kappa shape index (κ1) is 38.3. The fraction of sp³-hybridized carbons (Fsp3) is 0.465. The van der Waals surface area contributed by atoms with E-state index in [0.29, 0.717) is 19.0 Å². The fourth-order valence-corrected chi connectivity index (χ4v) is 9.12. The average Bonchev–Trinajstić information content (AvgIpc) is 4.09. The Balaban J connectivity index is 1.02. The molecule has 3 saturated heterocycles. The molecule has 3 amide bonds. The third-order valence-electron chi connectivity index (χ3n) is 12.0. The predicted molar refractivity (Wildman–Crippen MR) is 213 cm³/mol. The van der Waals surface area contributed by atoms with E-state index in [0.717, 1.165) is 96.7 Å². The number of nitrogens with zero attached hydrogens (tertiary/aromatic N) is 4. The van der Waals surface area contributed by atoms with Crippen LogP contribution in [0.15, 0.2) is 61.3 Å². The third kappa shape index (κ3) is 7.38. The molecule has 0 aliphatic carbocycles. The number of carbonyl (C=O) groups excluding carboxylic acids is 3. The second-order valence-corrected chi connectivity index (χ2v) is 15.6. The largest absolute Gasteiger partial charge is 0.483 e. The average molecular weight is 777 g/mol. The van der Waals surface area contributed by atoms with Gasteiger partial charge in [0.05, 0.1) is 62.3 Å². The Labute approximate surface area is 332 Å². The summed E-state index contributed by atoms with van der Waals surface area (Å²) in [5.41, 5.74) is 8.58. The number of ether oxygens (including phenoxy) is 3. The predicted octanol–water partition coefficient (Wildman–Crippen LogP) is 6.99. The highest BCUT2D eigenvalue weighted by molar-refractivity contribution is 5.86. The molecule has 57 heavy (non-hydrogen) atoms. The number of benzene rings is 2. The Bertz CT molecular complexity index is 2140. The molecule has 2 bridgehead atoms. The molecular weight excluding hydrogens is 725 g/mol. The van der Waals surface area contributed by atoms with Crippen LogP contribution in [0.1, 0.15) is 112 Å². The van der Waals surface area contributed by atoms with Crippen LogP contribution in [-0.4, -0.2) is 87.0 Å². The molecule has 4 aliphatic heterocycles. The highest BCUT2D eigenvalue weighted by Gasteiger charge is 2.42. The molecule has 6 atom stereocenters. The minimum absolute atomic E-state index is 0.00623. The summed E-state index contributed by atoms with van der Waals surface area (Å²) in [6, 6.07) is 11.4. The van der Waals surface area contributed by atoms with E-state index < -0.39 is 18.2 Å². The standard InChI is InChI=1S/C43H52N8O6/c1-24(46-26(3)55-4)41(52)50-20-8-6-10-33(50)39-44-22-31(48-39)28-14-12-27(13-15-28)29-16-17-30(38-36-19-18-35(57-36)37(29)38)32-23-45-40(49-32)34-11-7-9-21-51(34)42(53)25(2)47-43(54)56-5/h12-17,22-25,33-36,46H,3,6-11,18-21H2,1-2,4-5H3,(H,44,48)(H,45,49)(H,47,54)/t24-,25-,33-,34-,35?,36?/m0/s1. The molecule has 2 aromatic heterocycles. The van der Waals surface area contributed by atoms with E-state index in [-0.39, 0.29) is 36.1 Å². The van der Waals surface area contributed by atoms with Gasteiger partial charge in [0.2, 0.25) is 11.8 Å². The summed E-state index contributed by atoms with van der Waals surface area (Å²) in [7, 11) is 2.82. The number of hydrogen-bond donors (Lipinski definition) is 4. The first-order valence-corrected chi connectivity index (χ1v) is 20.1. The van der Waals surface area contributed by atoms with Crippen molar-refractivity contribution in [1.29, 1.82) is 0 Å². The van der Waals surface area contributed by atoms with Crippen LogP contribution in [0.25, 0.3) is 33.6 Å². The van der Waals surface area contributed by atoms with E-state index in [1.165, 1.54) is 25.3 Å². The number of hydrogen-bond acceptors (Lipinski definition) is 9. The summed E-state index contributed by atoms with van der Waals surface area (Å²) in [6.45, 7) is 8.58. The number of amides is 3. The van der Waals surface area contributed by atoms with Crippen LogP contribution in [0.2, 0.25) is 0 Å². The molecular formula is C43H52N8O6. The van der Waals surface area contributed by atoms with Crippen LogP contribution in [0.5, 0.6) is 0 Å². The van der Waals surface area contributed by atoms with Gasteiger partial charge in [-0.25, -0.2) is 14.8 Å². The molecule has 6 heterocycles. The van der Waals surface area contributed by atoms with Crippen molar-refractivity contribution in [3.8, 4) is 33.6 Å². The van der Waals surface area contributed by atoms with Gasteiger partial charge in [-0.15, -0.1) is 0 Å². The van der Waals surface area contributed by atoms with E-state index in [2.05, 4.69) is 63.6 Å². The molecule has 4 aromatic rings. The molecule has 3 fully saturated rings. The first-order chi connectivity index (χ1) is 27.6. The number of H-pyrrole nitrogens is 2. The van der Waals surface area contributed by atoms with Crippen LogP contribution >= 0.6 is 0 Å². The van der Waals surface area contributed by atoms with E-state index in [1.54, 1.807) is 6.92 Å². The summed E-state index contributed by atoms with van der Waals surface area (Å²) >= 11 is 0. The summed E-state index contributed by atoms with van der Waals surface area (Å²) < 4.78 is 16.4. The van der Waals surface area contributed by atoms with Crippen LogP contribution in [0.3, 0.4) is 0 Å². The van der Waals surface area contributed by atoms with E-state index in [1.807, 2.05) is 29.1 Å². The summed E-state index contributed by atoms with van der Waals surface area (Å²) in [5, 5.41) is 5.65. The Morgan fingerprint density at radius 3 is 1.84 bits per heavy atom. The maximum absolute atomic E-state index is 13.5. The number of methoxy groups -OCH3 is 2. The van der Waals surface area contributed by atoms with Gasteiger partial charge < -0.3 is 44.6 Å². The Kier molecular flexibility index (Phi) is 10.8. The maximum atomic E-state index is 13.5. The molecule has 0 spiro atoms. The number of likely N-dealkylation sites (tertiary alicyclic amines) is 2. The summed E-state index contributed by atoms with van der Waals surface area (Å²) in [4.78, 5) is 59.2. The van der Waals surface area contributed by atoms with Gasteiger partial charge in [-0.3, -0.25) is 9.59 Å². The lowest BCUT2D eigenvalue weighted by Gasteiger charge is -2.36. The van der Waals surface area contributed by atoms with Crippen LogP contribution in [0.4, 0.5) is 4.79 Å². The van der Waals surface area contributed by atoms with E-state index >= 15 is 0 Å². The first-order valence-electron chi connectivity index (χ1n) is 20.1. The Morgan fingerprint density at radius 2 is 1.25 bits per heavy atom. The van der Waals surface area contributed by atoms with Crippen molar-refractivity contribution >= 4 is 17.9 Å². The number of rotatable bonds is 11. The molecule has 300 valence electrons. The molecule has 0 radical (unpaired) electrons. The van der Waals surface area contributed by atoms with Gasteiger partial charge >= 0.3 is 6.09 Å². The van der Waals surface area contributed by atoms with Crippen molar-refractivity contribution in [3.63, 3.8) is 0 Å². The van der Waals surface area contributed by atoms with Crippen molar-refractivity contribution in [2.24, 2.45) is 0 Å². The topological polar surface area (TPSA) is 167 Å². The van der Waals surface area contributed by atoms with Crippen molar-refractivity contribution in [1.82, 2.24) is 40.4 Å². The molecule has 2 aromatic carbocycles. The SMILES string of the molecule is C=C(N[C@@H](C)C(=O)N1CCCC[C@H]1c1ncc(-c2ccc(-c3ccc(-c4cnc([C@@H]5CCCCN5C(=O)[C@H](C)NC(=O)OC)[nH]4)c4c3C3CCC4O3)cc2)[nH]1)OC. The zero-order chi connectivity index (χ0) is 39.8. The number of carbonyl (C=O) groups is 3. The fourth-order valence-electron chi connectivity index (χ4n) is 9.12. The van der Waals surface area contributed by atoms with Crippen LogP contribution < -0.4 is 10.6 Å². The number of aromatic nitrogens is 4. The molecule has 2 unspecified atom stereocenters. The molecule has 14 nitrogen and oxygen atoms in total. The highest BCUT2D eigenvalue weighted by atomic mass is 16.5. The van der Waals surface area contributed by atoms with Gasteiger partial charge in [0.15, 0.2) is 5.88 Å². The summed E-state index contributed by atoms with van der Waals surface area (Å²) in [6.07, 6.45) is 10.6. The smallest absolute Gasteiger partial charge is 0.407 e. The zero-order valence-electron chi connectivity index (χ0n) is 33.1. The molecule has 8 rings (SSSR count). The number of piperidine rings is 2. The molecule has 14 heteroatoms. The van der Waals surface area contributed by atoms with Crippen LogP contribution in [0, 0.1) is 0 Å². The Hall–Kier alpha value is -5.63. The van der Waals surface area contributed by atoms with E-state index in [9.17, 15) is 14.4 Å². The van der Waals surface area contributed by atoms with Crippen molar-refractivity contribution < 1.29 is 28.6 Å². The normalized spacial score (nSPS) is 22.4. The maximum Gasteiger partial charge on any atom is 0.407 e. The second kappa shape index (κ2) is 16.1. The van der Waals surface area contributed by atoms with Gasteiger partial charge in [0, 0.05) is 18.7 Å².